The summed E-state index contributed by atoms with van der Waals surface area (Å²) in [7, 11) is 0. The van der Waals surface area contributed by atoms with E-state index >= 15 is 0 Å². The van der Waals surface area contributed by atoms with E-state index in [0.29, 0.717) is 0 Å². The first-order chi connectivity index (χ1) is 8.56. The molecule has 0 rings (SSSR count). The minimum atomic E-state index is 0.885. The van der Waals surface area contributed by atoms with Gasteiger partial charge in [0.25, 0.3) is 0 Å². The summed E-state index contributed by atoms with van der Waals surface area (Å²) in [5.41, 5.74) is 0. The van der Waals surface area contributed by atoms with Crippen LogP contribution in [0.25, 0.3) is 0 Å². The number of rotatable bonds is 12. The van der Waals surface area contributed by atoms with Crippen LogP contribution in [-0.2, 0) is 0 Å². The van der Waals surface area contributed by atoms with E-state index in [-0.39, 0.29) is 0 Å². The standard InChI is InChI=1S/C18H38/c1-6-7-8-12-17(4)14-10-15-18(5)13-9-11-16(2)3/h16-18H,6-15H2,1-5H3/t17-,18+/m0/s1. The van der Waals surface area contributed by atoms with Crippen molar-refractivity contribution in [3.63, 3.8) is 0 Å². The van der Waals surface area contributed by atoms with E-state index in [1.807, 2.05) is 0 Å². The SMILES string of the molecule is CCCCC[C@H](C)CCC[C@H](C)CCCC(C)C. The van der Waals surface area contributed by atoms with Crippen molar-refractivity contribution < 1.29 is 0 Å². The van der Waals surface area contributed by atoms with Crippen LogP contribution in [0.1, 0.15) is 98.8 Å². The number of unbranched alkanes of at least 4 members (excludes halogenated alkanes) is 2. The molecule has 0 heterocycles. The molecule has 0 aliphatic carbocycles. The maximum atomic E-state index is 2.45. The molecule has 110 valence electrons. The first kappa shape index (κ1) is 18.0. The molecule has 0 aliphatic heterocycles. The van der Waals surface area contributed by atoms with E-state index in [2.05, 4.69) is 34.6 Å². The van der Waals surface area contributed by atoms with E-state index in [1.54, 1.807) is 0 Å². The topological polar surface area (TPSA) is 0 Å². The van der Waals surface area contributed by atoms with Gasteiger partial charge in [-0.25, -0.2) is 0 Å². The van der Waals surface area contributed by atoms with Crippen molar-refractivity contribution in [2.24, 2.45) is 17.8 Å². The summed E-state index contributed by atoms with van der Waals surface area (Å²) < 4.78 is 0. The van der Waals surface area contributed by atoms with Crippen LogP contribution in [0.5, 0.6) is 0 Å². The van der Waals surface area contributed by atoms with Gasteiger partial charge in [0.1, 0.15) is 0 Å². The summed E-state index contributed by atoms with van der Waals surface area (Å²) in [6.07, 6.45) is 14.3. The fourth-order valence-corrected chi connectivity index (χ4v) is 2.72. The Labute approximate surface area is 117 Å². The van der Waals surface area contributed by atoms with Crippen LogP contribution in [0.3, 0.4) is 0 Å². The molecule has 0 heteroatoms. The molecule has 0 saturated heterocycles. The Kier molecular flexibility index (Phi) is 12.1. The number of hydrogen-bond acceptors (Lipinski definition) is 0. The van der Waals surface area contributed by atoms with Gasteiger partial charge >= 0.3 is 0 Å². The molecule has 0 aliphatic rings. The highest BCUT2D eigenvalue weighted by Crippen LogP contribution is 2.21. The molecular formula is C18H38. The van der Waals surface area contributed by atoms with Crippen LogP contribution in [-0.4, -0.2) is 0 Å². The largest absolute Gasteiger partial charge is 0.0654 e. The van der Waals surface area contributed by atoms with Gasteiger partial charge in [0, 0.05) is 0 Å². The first-order valence-electron chi connectivity index (χ1n) is 8.56. The van der Waals surface area contributed by atoms with Crippen LogP contribution in [0.4, 0.5) is 0 Å². The second-order valence-corrected chi connectivity index (χ2v) is 6.96. The van der Waals surface area contributed by atoms with Crippen molar-refractivity contribution in [2.75, 3.05) is 0 Å². The molecule has 0 spiro atoms. The Morgan fingerprint density at radius 3 is 1.44 bits per heavy atom. The lowest BCUT2D eigenvalue weighted by Crippen LogP contribution is -2.00. The van der Waals surface area contributed by atoms with Crippen molar-refractivity contribution in [3.05, 3.63) is 0 Å². The van der Waals surface area contributed by atoms with Crippen molar-refractivity contribution in [1.82, 2.24) is 0 Å². The molecule has 0 aromatic rings. The van der Waals surface area contributed by atoms with Gasteiger partial charge in [-0.1, -0.05) is 98.8 Å². The summed E-state index contributed by atoms with van der Waals surface area (Å²) >= 11 is 0. The Bertz CT molecular complexity index is 159. The van der Waals surface area contributed by atoms with Crippen LogP contribution in [0.2, 0.25) is 0 Å². The molecule has 0 radical (unpaired) electrons. The minimum Gasteiger partial charge on any atom is -0.0654 e. The molecule has 0 saturated carbocycles. The van der Waals surface area contributed by atoms with E-state index in [0.717, 1.165) is 17.8 Å². The second-order valence-electron chi connectivity index (χ2n) is 6.96. The van der Waals surface area contributed by atoms with Gasteiger partial charge in [0.15, 0.2) is 0 Å². The van der Waals surface area contributed by atoms with Crippen molar-refractivity contribution >= 4 is 0 Å². The fourth-order valence-electron chi connectivity index (χ4n) is 2.72. The molecular weight excluding hydrogens is 216 g/mol. The van der Waals surface area contributed by atoms with Crippen LogP contribution in [0.15, 0.2) is 0 Å². The van der Waals surface area contributed by atoms with Gasteiger partial charge in [-0.3, -0.25) is 0 Å². The van der Waals surface area contributed by atoms with E-state index < -0.39 is 0 Å². The van der Waals surface area contributed by atoms with Gasteiger partial charge in [0.2, 0.25) is 0 Å². The third-order valence-electron chi connectivity index (χ3n) is 4.17. The van der Waals surface area contributed by atoms with Gasteiger partial charge in [-0.15, -0.1) is 0 Å². The zero-order chi connectivity index (χ0) is 13.8. The maximum absolute atomic E-state index is 2.45. The van der Waals surface area contributed by atoms with Crippen LogP contribution in [0, 0.1) is 17.8 Å². The molecule has 0 bridgehead atoms. The van der Waals surface area contributed by atoms with Crippen LogP contribution >= 0.6 is 0 Å². The minimum absolute atomic E-state index is 0.885. The third-order valence-corrected chi connectivity index (χ3v) is 4.17. The third kappa shape index (κ3) is 12.5. The normalized spacial score (nSPS) is 15.0. The lowest BCUT2D eigenvalue weighted by atomic mass is 9.92. The highest BCUT2D eigenvalue weighted by atomic mass is 14.1. The van der Waals surface area contributed by atoms with Crippen LogP contribution < -0.4 is 0 Å². The zero-order valence-corrected chi connectivity index (χ0v) is 13.8. The van der Waals surface area contributed by atoms with Gasteiger partial charge in [0.05, 0.1) is 0 Å². The first-order valence-corrected chi connectivity index (χ1v) is 8.56. The molecule has 2 atom stereocenters. The summed E-state index contributed by atoms with van der Waals surface area (Å²) in [6.45, 7) is 11.9. The lowest BCUT2D eigenvalue weighted by molar-refractivity contribution is 0.387. The highest BCUT2D eigenvalue weighted by Gasteiger charge is 2.06. The molecule has 0 N–H and O–H groups in total. The molecule has 0 amide bonds. The maximum Gasteiger partial charge on any atom is -0.0443 e. The van der Waals surface area contributed by atoms with E-state index in [4.69, 9.17) is 0 Å². The number of hydrogen-bond donors (Lipinski definition) is 0. The predicted molar refractivity (Wildman–Crippen MR) is 85.0 cm³/mol. The Morgan fingerprint density at radius 2 is 1.00 bits per heavy atom. The zero-order valence-electron chi connectivity index (χ0n) is 13.8. The molecule has 0 nitrogen and oxygen atoms in total. The van der Waals surface area contributed by atoms with E-state index in [1.165, 1.54) is 64.2 Å². The Morgan fingerprint density at radius 1 is 0.556 bits per heavy atom. The van der Waals surface area contributed by atoms with Gasteiger partial charge < -0.3 is 0 Å². The lowest BCUT2D eigenvalue weighted by Gasteiger charge is -2.14. The highest BCUT2D eigenvalue weighted by molar-refractivity contribution is 4.59. The van der Waals surface area contributed by atoms with E-state index in [9.17, 15) is 0 Å². The van der Waals surface area contributed by atoms with Gasteiger partial charge in [-0.2, -0.15) is 0 Å². The molecule has 0 aromatic carbocycles. The molecule has 0 aromatic heterocycles. The summed E-state index contributed by atoms with van der Waals surface area (Å²) in [6, 6.07) is 0. The average Bonchev–Trinajstić information content (AvgIpc) is 2.29. The fraction of sp³-hybridized carbons (Fsp3) is 1.00. The smallest absolute Gasteiger partial charge is 0.0443 e. The molecule has 0 unspecified atom stereocenters. The van der Waals surface area contributed by atoms with Gasteiger partial charge in [-0.05, 0) is 17.8 Å². The quantitative estimate of drug-likeness (QED) is 0.335. The summed E-state index contributed by atoms with van der Waals surface area (Å²) in [5, 5.41) is 0. The average molecular weight is 255 g/mol. The Hall–Kier alpha value is 0. The monoisotopic (exact) mass is 254 g/mol. The summed E-state index contributed by atoms with van der Waals surface area (Å²) in [4.78, 5) is 0. The molecule has 0 fully saturated rings. The van der Waals surface area contributed by atoms with Crippen molar-refractivity contribution in [2.45, 2.75) is 98.8 Å². The Balaban J connectivity index is 3.35. The molecule has 18 heavy (non-hydrogen) atoms. The summed E-state index contributed by atoms with van der Waals surface area (Å²) in [5.74, 6) is 2.79. The predicted octanol–water partition coefficient (Wildman–Crippen LogP) is 6.84. The van der Waals surface area contributed by atoms with Crippen molar-refractivity contribution in [3.8, 4) is 0 Å². The second kappa shape index (κ2) is 12.1. The van der Waals surface area contributed by atoms with Crippen molar-refractivity contribution in [1.29, 1.82) is 0 Å².